The lowest BCUT2D eigenvalue weighted by molar-refractivity contribution is 0.192. The van der Waals surface area contributed by atoms with Gasteiger partial charge in [0.15, 0.2) is 0 Å². The zero-order valence-corrected chi connectivity index (χ0v) is 18.1. The number of benzene rings is 3. The van der Waals surface area contributed by atoms with Crippen LogP contribution in [0.1, 0.15) is 17.5 Å². The molecule has 0 saturated carbocycles. The molecular weight excluding hydrogens is 426 g/mol. The van der Waals surface area contributed by atoms with Crippen LogP contribution in [0.15, 0.2) is 66.7 Å². The van der Waals surface area contributed by atoms with E-state index >= 15 is 0 Å². The molecule has 8 heteroatoms. The summed E-state index contributed by atoms with van der Waals surface area (Å²) in [5.41, 5.74) is 3.32. The van der Waals surface area contributed by atoms with Crippen LogP contribution in [0.3, 0.4) is 0 Å². The van der Waals surface area contributed by atoms with Crippen molar-refractivity contribution in [1.29, 1.82) is 0 Å². The molecule has 0 unspecified atom stereocenters. The summed E-state index contributed by atoms with van der Waals surface area (Å²) in [4.78, 5) is 28.6. The number of amides is 4. The average molecular weight is 450 g/mol. The Balaban J connectivity index is 1.43. The molecule has 0 atom stereocenters. The van der Waals surface area contributed by atoms with Gasteiger partial charge in [0, 0.05) is 42.8 Å². The van der Waals surface area contributed by atoms with Crippen molar-refractivity contribution in [2.24, 2.45) is 0 Å². The summed E-state index contributed by atoms with van der Waals surface area (Å²) < 4.78 is 27.1. The molecule has 1 saturated heterocycles. The Morgan fingerprint density at radius 1 is 0.909 bits per heavy atom. The first-order valence-corrected chi connectivity index (χ1v) is 10.6. The van der Waals surface area contributed by atoms with Crippen LogP contribution in [0.25, 0.3) is 0 Å². The molecule has 3 aromatic rings. The first kappa shape index (κ1) is 22.3. The number of nitrogens with one attached hydrogen (secondary N) is 2. The molecule has 2 N–H and O–H groups in total. The van der Waals surface area contributed by atoms with E-state index in [4.69, 9.17) is 0 Å². The monoisotopic (exact) mass is 450 g/mol. The molecule has 1 fully saturated rings. The SMILES string of the molecule is Cc1ccc(NC(=O)Nc2cccc(N3CCCN(Cc4cc(F)cc(F)c4)C3=O)c2)cc1. The van der Waals surface area contributed by atoms with E-state index in [9.17, 15) is 18.4 Å². The number of hydrogen-bond acceptors (Lipinski definition) is 2. The third-order valence-corrected chi connectivity index (χ3v) is 5.33. The van der Waals surface area contributed by atoms with Gasteiger partial charge in [-0.2, -0.15) is 0 Å². The van der Waals surface area contributed by atoms with Crippen LogP contribution in [-0.2, 0) is 6.54 Å². The molecule has 170 valence electrons. The standard InChI is InChI=1S/C25H24F2N4O2/c1-17-6-8-21(9-7-17)28-24(32)29-22-4-2-5-23(15-22)31-11-3-10-30(25(31)33)16-18-12-19(26)14-20(27)13-18/h2,4-9,12-15H,3,10-11,16H2,1H3,(H2,28,29,32). The van der Waals surface area contributed by atoms with Crippen LogP contribution in [0, 0.1) is 18.6 Å². The summed E-state index contributed by atoms with van der Waals surface area (Å²) in [5.74, 6) is -1.34. The summed E-state index contributed by atoms with van der Waals surface area (Å²) in [6.45, 7) is 3.08. The lowest BCUT2D eigenvalue weighted by atomic mass is 10.1. The van der Waals surface area contributed by atoms with Crippen molar-refractivity contribution in [3.05, 3.63) is 89.5 Å². The van der Waals surface area contributed by atoms with E-state index in [2.05, 4.69) is 10.6 Å². The Labute approximate surface area is 190 Å². The van der Waals surface area contributed by atoms with E-state index in [1.54, 1.807) is 34.1 Å². The summed E-state index contributed by atoms with van der Waals surface area (Å²) >= 11 is 0. The van der Waals surface area contributed by atoms with E-state index in [0.29, 0.717) is 42.1 Å². The molecule has 0 bridgehead atoms. The lowest BCUT2D eigenvalue weighted by Gasteiger charge is -2.36. The number of nitrogens with zero attached hydrogens (tertiary/aromatic N) is 2. The fourth-order valence-electron chi connectivity index (χ4n) is 3.77. The van der Waals surface area contributed by atoms with Crippen LogP contribution < -0.4 is 15.5 Å². The molecule has 3 aromatic carbocycles. The Bertz CT molecular complexity index is 1150. The number of anilines is 3. The third kappa shape index (κ3) is 5.65. The van der Waals surface area contributed by atoms with Gasteiger partial charge in [-0.15, -0.1) is 0 Å². The van der Waals surface area contributed by atoms with Crippen LogP contribution in [0.4, 0.5) is 35.4 Å². The van der Waals surface area contributed by atoms with Crippen molar-refractivity contribution in [3.63, 3.8) is 0 Å². The second-order valence-electron chi connectivity index (χ2n) is 7.98. The minimum absolute atomic E-state index is 0.112. The average Bonchev–Trinajstić information content (AvgIpc) is 2.76. The predicted octanol–water partition coefficient (Wildman–Crippen LogP) is 5.75. The van der Waals surface area contributed by atoms with Gasteiger partial charge in [-0.3, -0.25) is 4.90 Å². The highest BCUT2D eigenvalue weighted by atomic mass is 19.1. The Morgan fingerprint density at radius 2 is 1.61 bits per heavy atom. The topological polar surface area (TPSA) is 64.7 Å². The Morgan fingerprint density at radius 3 is 2.33 bits per heavy atom. The summed E-state index contributed by atoms with van der Waals surface area (Å²) in [6.07, 6.45) is 0.703. The highest BCUT2D eigenvalue weighted by molar-refractivity contribution is 6.00. The van der Waals surface area contributed by atoms with Crippen molar-refractivity contribution in [2.75, 3.05) is 28.6 Å². The smallest absolute Gasteiger partial charge is 0.320 e. The zero-order chi connectivity index (χ0) is 23.4. The van der Waals surface area contributed by atoms with Crippen molar-refractivity contribution in [1.82, 2.24) is 4.90 Å². The van der Waals surface area contributed by atoms with Crippen LogP contribution in [0.2, 0.25) is 0 Å². The van der Waals surface area contributed by atoms with Crippen molar-refractivity contribution < 1.29 is 18.4 Å². The number of aryl methyl sites for hydroxylation is 1. The Kier molecular flexibility index (Phi) is 6.53. The number of urea groups is 2. The molecule has 1 heterocycles. The first-order valence-electron chi connectivity index (χ1n) is 10.6. The molecule has 0 aromatic heterocycles. The first-order chi connectivity index (χ1) is 15.9. The molecule has 33 heavy (non-hydrogen) atoms. The molecule has 0 radical (unpaired) electrons. The van der Waals surface area contributed by atoms with E-state index in [1.807, 2.05) is 31.2 Å². The third-order valence-electron chi connectivity index (χ3n) is 5.33. The van der Waals surface area contributed by atoms with Gasteiger partial charge in [0.05, 0.1) is 0 Å². The fourth-order valence-corrected chi connectivity index (χ4v) is 3.77. The zero-order valence-electron chi connectivity index (χ0n) is 18.1. The number of hydrogen-bond donors (Lipinski definition) is 2. The highest BCUT2D eigenvalue weighted by Crippen LogP contribution is 2.25. The largest absolute Gasteiger partial charge is 0.324 e. The maximum absolute atomic E-state index is 13.5. The van der Waals surface area contributed by atoms with Crippen molar-refractivity contribution in [3.8, 4) is 0 Å². The van der Waals surface area contributed by atoms with Gasteiger partial charge in [-0.25, -0.2) is 18.4 Å². The molecule has 1 aliphatic heterocycles. The molecular formula is C25H24F2N4O2. The number of rotatable bonds is 5. The van der Waals surface area contributed by atoms with Crippen LogP contribution in [0.5, 0.6) is 0 Å². The quantitative estimate of drug-likeness (QED) is 0.520. The molecule has 4 rings (SSSR count). The molecule has 0 aliphatic carbocycles. The van der Waals surface area contributed by atoms with E-state index in [1.165, 1.54) is 12.1 Å². The van der Waals surface area contributed by atoms with E-state index < -0.39 is 17.7 Å². The normalized spacial score (nSPS) is 13.7. The summed E-state index contributed by atoms with van der Waals surface area (Å²) in [7, 11) is 0. The maximum atomic E-state index is 13.5. The van der Waals surface area contributed by atoms with Gasteiger partial charge < -0.3 is 15.5 Å². The fraction of sp³-hybridized carbons (Fsp3) is 0.200. The van der Waals surface area contributed by atoms with Crippen molar-refractivity contribution >= 4 is 29.1 Å². The second-order valence-corrected chi connectivity index (χ2v) is 7.98. The molecule has 1 aliphatic rings. The van der Waals surface area contributed by atoms with E-state index in [-0.39, 0.29) is 12.6 Å². The number of carbonyl (C=O) groups is 2. The van der Waals surface area contributed by atoms with Gasteiger partial charge in [-0.1, -0.05) is 23.8 Å². The van der Waals surface area contributed by atoms with Gasteiger partial charge in [-0.05, 0) is 61.4 Å². The number of halogens is 2. The predicted molar refractivity (Wildman–Crippen MR) is 124 cm³/mol. The van der Waals surface area contributed by atoms with Crippen LogP contribution in [-0.4, -0.2) is 30.1 Å². The molecule has 6 nitrogen and oxygen atoms in total. The Hall–Kier alpha value is -3.94. The van der Waals surface area contributed by atoms with Gasteiger partial charge in [0.2, 0.25) is 0 Å². The summed E-state index contributed by atoms with van der Waals surface area (Å²) in [5, 5.41) is 5.55. The molecule has 4 amide bonds. The highest BCUT2D eigenvalue weighted by Gasteiger charge is 2.27. The lowest BCUT2D eigenvalue weighted by Crippen LogP contribution is -2.49. The second kappa shape index (κ2) is 9.68. The summed E-state index contributed by atoms with van der Waals surface area (Å²) in [6, 6.07) is 17.1. The van der Waals surface area contributed by atoms with Gasteiger partial charge >= 0.3 is 12.1 Å². The van der Waals surface area contributed by atoms with Gasteiger partial charge in [0.1, 0.15) is 11.6 Å². The molecule has 0 spiro atoms. The maximum Gasteiger partial charge on any atom is 0.324 e. The minimum atomic E-state index is -0.672. The minimum Gasteiger partial charge on any atom is -0.320 e. The van der Waals surface area contributed by atoms with Crippen LogP contribution >= 0.6 is 0 Å². The number of carbonyl (C=O) groups excluding carboxylic acids is 2. The van der Waals surface area contributed by atoms with E-state index in [0.717, 1.165) is 11.6 Å². The van der Waals surface area contributed by atoms with Gasteiger partial charge in [0.25, 0.3) is 0 Å². The van der Waals surface area contributed by atoms with Crippen molar-refractivity contribution in [2.45, 2.75) is 19.9 Å².